The van der Waals surface area contributed by atoms with E-state index in [0.717, 1.165) is 17.0 Å². The first-order valence-electron chi connectivity index (χ1n) is 7.21. The zero-order chi connectivity index (χ0) is 16.2. The molecule has 1 heterocycles. The lowest BCUT2D eigenvalue weighted by molar-refractivity contribution is 0.0955. The lowest BCUT2D eigenvalue weighted by atomic mass is 10.1. The minimum absolute atomic E-state index is 0.218. The Labute approximate surface area is 132 Å². The third-order valence-corrected chi connectivity index (χ3v) is 3.61. The van der Waals surface area contributed by atoms with Crippen LogP contribution in [0.5, 0.6) is 0 Å². The van der Waals surface area contributed by atoms with Gasteiger partial charge in [0.2, 0.25) is 0 Å². The van der Waals surface area contributed by atoms with Crippen LogP contribution in [0.25, 0.3) is 10.9 Å². The van der Waals surface area contributed by atoms with E-state index in [9.17, 15) is 13.6 Å². The van der Waals surface area contributed by atoms with Crippen LogP contribution in [0, 0.1) is 11.6 Å². The van der Waals surface area contributed by atoms with Crippen LogP contribution in [0.4, 0.5) is 8.78 Å². The summed E-state index contributed by atoms with van der Waals surface area (Å²) in [6.45, 7) is 0.218. The molecule has 1 aromatic heterocycles. The van der Waals surface area contributed by atoms with Crippen molar-refractivity contribution in [1.29, 1.82) is 0 Å². The predicted octanol–water partition coefficient (Wildman–Crippen LogP) is 3.49. The van der Waals surface area contributed by atoms with Crippen LogP contribution in [-0.4, -0.2) is 17.4 Å². The molecule has 0 spiro atoms. The van der Waals surface area contributed by atoms with E-state index < -0.39 is 11.6 Å². The minimum atomic E-state index is -0.881. The van der Waals surface area contributed by atoms with E-state index in [-0.39, 0.29) is 24.4 Å². The number of amides is 1. The fourth-order valence-electron chi connectivity index (χ4n) is 2.44. The Morgan fingerprint density at radius 2 is 1.87 bits per heavy atom. The first-order valence-corrected chi connectivity index (χ1v) is 7.21. The average Bonchev–Trinajstić information content (AvgIpc) is 2.58. The second kappa shape index (κ2) is 6.52. The Kier molecular flexibility index (Phi) is 4.28. The van der Waals surface area contributed by atoms with Gasteiger partial charge in [-0.3, -0.25) is 9.78 Å². The van der Waals surface area contributed by atoms with Crippen LogP contribution < -0.4 is 5.32 Å². The van der Waals surface area contributed by atoms with Gasteiger partial charge in [0.1, 0.15) is 0 Å². The van der Waals surface area contributed by atoms with Crippen LogP contribution in [0.1, 0.15) is 15.9 Å². The highest BCUT2D eigenvalue weighted by Gasteiger charge is 2.11. The van der Waals surface area contributed by atoms with Gasteiger partial charge in [-0.1, -0.05) is 30.3 Å². The predicted molar refractivity (Wildman–Crippen MR) is 84.1 cm³/mol. The van der Waals surface area contributed by atoms with E-state index in [2.05, 4.69) is 10.3 Å². The zero-order valence-corrected chi connectivity index (χ0v) is 12.2. The van der Waals surface area contributed by atoms with Crippen LogP contribution in [0.15, 0.2) is 54.7 Å². The average molecular weight is 312 g/mol. The van der Waals surface area contributed by atoms with E-state index >= 15 is 0 Å². The second-order valence-corrected chi connectivity index (χ2v) is 5.09. The molecule has 0 bridgehead atoms. The van der Waals surface area contributed by atoms with Gasteiger partial charge in [-0.15, -0.1) is 0 Å². The lowest BCUT2D eigenvalue weighted by Crippen LogP contribution is -2.26. The fraction of sp³-hybridized carbons (Fsp3) is 0.111. The molecule has 0 aliphatic carbocycles. The highest BCUT2D eigenvalue weighted by Crippen LogP contribution is 2.16. The third kappa shape index (κ3) is 3.18. The Hall–Kier alpha value is -2.82. The molecule has 0 fully saturated rings. The number of carbonyl (C=O) groups is 1. The number of nitrogens with one attached hydrogen (secondary N) is 1. The van der Waals surface area contributed by atoms with Gasteiger partial charge in [-0.05, 0) is 30.2 Å². The number of hydrogen-bond acceptors (Lipinski definition) is 2. The number of nitrogens with zero attached hydrogens (tertiary/aromatic N) is 1. The monoisotopic (exact) mass is 312 g/mol. The Balaban J connectivity index is 1.71. The second-order valence-electron chi connectivity index (χ2n) is 5.09. The number of para-hydroxylation sites is 1. The van der Waals surface area contributed by atoms with Crippen LogP contribution in [-0.2, 0) is 6.42 Å². The van der Waals surface area contributed by atoms with Crippen molar-refractivity contribution in [3.63, 3.8) is 0 Å². The van der Waals surface area contributed by atoms with Crippen molar-refractivity contribution in [3.05, 3.63) is 77.5 Å². The number of fused-ring (bicyclic) bond motifs is 1. The molecule has 3 aromatic rings. The molecule has 3 nitrogen and oxygen atoms in total. The fourth-order valence-corrected chi connectivity index (χ4v) is 2.44. The van der Waals surface area contributed by atoms with Gasteiger partial charge in [0.25, 0.3) is 5.91 Å². The Morgan fingerprint density at radius 3 is 2.74 bits per heavy atom. The first kappa shape index (κ1) is 15.1. The van der Waals surface area contributed by atoms with E-state index in [1.165, 1.54) is 12.1 Å². The molecule has 2 aromatic carbocycles. The zero-order valence-electron chi connectivity index (χ0n) is 12.2. The molecule has 0 atom stereocenters. The molecule has 0 saturated heterocycles. The largest absolute Gasteiger partial charge is 0.352 e. The van der Waals surface area contributed by atoms with Gasteiger partial charge < -0.3 is 5.32 Å². The summed E-state index contributed by atoms with van der Waals surface area (Å²) in [6, 6.07) is 13.0. The number of pyridine rings is 1. The summed E-state index contributed by atoms with van der Waals surface area (Å²) in [6.07, 6.45) is 1.79. The van der Waals surface area contributed by atoms with E-state index in [1.807, 2.05) is 24.3 Å². The summed E-state index contributed by atoms with van der Waals surface area (Å²) in [4.78, 5) is 16.5. The molecule has 1 N–H and O–H groups in total. The molecule has 5 heteroatoms. The van der Waals surface area contributed by atoms with Gasteiger partial charge in [0.15, 0.2) is 11.6 Å². The van der Waals surface area contributed by atoms with Gasteiger partial charge in [-0.25, -0.2) is 8.78 Å². The molecule has 0 aliphatic heterocycles. The summed E-state index contributed by atoms with van der Waals surface area (Å²) in [5.74, 6) is -2.01. The normalized spacial score (nSPS) is 10.7. The van der Waals surface area contributed by atoms with Crippen LogP contribution >= 0.6 is 0 Å². The van der Waals surface area contributed by atoms with Crippen molar-refractivity contribution in [3.8, 4) is 0 Å². The Morgan fingerprint density at radius 1 is 1.04 bits per heavy atom. The number of rotatable bonds is 4. The maximum absolute atomic E-state index is 13.6. The Bertz CT molecular complexity index is 859. The summed E-state index contributed by atoms with van der Waals surface area (Å²) in [5.41, 5.74) is 1.48. The smallest absolute Gasteiger partial charge is 0.252 e. The number of benzene rings is 2. The van der Waals surface area contributed by atoms with Crippen molar-refractivity contribution in [2.45, 2.75) is 6.42 Å². The number of carbonyl (C=O) groups excluding carboxylic acids is 1. The van der Waals surface area contributed by atoms with Crippen molar-refractivity contribution in [2.75, 3.05) is 6.54 Å². The van der Waals surface area contributed by atoms with Crippen molar-refractivity contribution >= 4 is 16.8 Å². The van der Waals surface area contributed by atoms with Gasteiger partial charge in [0.05, 0.1) is 11.1 Å². The summed E-state index contributed by atoms with van der Waals surface area (Å²) in [5, 5.41) is 3.48. The van der Waals surface area contributed by atoms with Gasteiger partial charge >= 0.3 is 0 Å². The lowest BCUT2D eigenvalue weighted by Gasteiger charge is -2.08. The molecule has 23 heavy (non-hydrogen) atoms. The van der Waals surface area contributed by atoms with E-state index in [0.29, 0.717) is 5.56 Å². The summed E-state index contributed by atoms with van der Waals surface area (Å²) < 4.78 is 26.7. The minimum Gasteiger partial charge on any atom is -0.352 e. The maximum atomic E-state index is 13.6. The molecule has 116 valence electrons. The highest BCUT2D eigenvalue weighted by molar-refractivity contribution is 6.05. The SMILES string of the molecule is O=C(NCCc1cccc(F)c1F)c1ccnc2ccccc12. The summed E-state index contributed by atoms with van der Waals surface area (Å²) >= 11 is 0. The highest BCUT2D eigenvalue weighted by atomic mass is 19.2. The van der Waals surface area contributed by atoms with Crippen LogP contribution in [0.3, 0.4) is 0 Å². The van der Waals surface area contributed by atoms with Crippen LogP contribution in [0.2, 0.25) is 0 Å². The molecular weight excluding hydrogens is 298 g/mol. The quantitative estimate of drug-likeness (QED) is 0.801. The third-order valence-electron chi connectivity index (χ3n) is 3.61. The molecule has 1 amide bonds. The van der Waals surface area contributed by atoms with E-state index in [4.69, 9.17) is 0 Å². The molecule has 0 unspecified atom stereocenters. The van der Waals surface area contributed by atoms with Crippen molar-refractivity contribution in [2.24, 2.45) is 0 Å². The van der Waals surface area contributed by atoms with E-state index in [1.54, 1.807) is 12.3 Å². The van der Waals surface area contributed by atoms with Gasteiger partial charge in [-0.2, -0.15) is 0 Å². The number of hydrogen-bond donors (Lipinski definition) is 1. The standard InChI is InChI=1S/C18H14F2N2O/c19-15-6-3-4-12(17(15)20)8-10-22-18(23)14-9-11-21-16-7-2-1-5-13(14)16/h1-7,9,11H,8,10H2,(H,22,23). The molecule has 0 radical (unpaired) electrons. The number of aromatic nitrogens is 1. The van der Waals surface area contributed by atoms with Crippen molar-refractivity contribution < 1.29 is 13.6 Å². The molecular formula is C18H14F2N2O. The first-order chi connectivity index (χ1) is 11.2. The molecule has 0 saturated carbocycles. The molecule has 3 rings (SSSR count). The number of halogens is 2. The van der Waals surface area contributed by atoms with Crippen molar-refractivity contribution in [1.82, 2.24) is 10.3 Å². The summed E-state index contributed by atoms with van der Waals surface area (Å²) in [7, 11) is 0. The topological polar surface area (TPSA) is 42.0 Å². The maximum Gasteiger partial charge on any atom is 0.252 e. The van der Waals surface area contributed by atoms with Gasteiger partial charge in [0, 0.05) is 18.1 Å². The molecule has 0 aliphatic rings.